The second kappa shape index (κ2) is 8.69. The number of ether oxygens (including phenoxy) is 1. The molecule has 108 valence electrons. The normalized spacial score (nSPS) is 12.9. The number of alkyl halides is 2. The number of benzene rings is 1. The lowest BCUT2D eigenvalue weighted by atomic mass is 10.0. The monoisotopic (exact) mass is 311 g/mol. The largest absolute Gasteiger partial charge is 0.375 e. The molecule has 1 N–H and O–H groups in total. The molecule has 0 heterocycles. The van der Waals surface area contributed by atoms with Crippen molar-refractivity contribution in [2.75, 3.05) is 19.8 Å². The molecule has 0 spiro atoms. The number of hydrogen-bond acceptors (Lipinski definition) is 2. The van der Waals surface area contributed by atoms with Gasteiger partial charge in [-0.3, -0.25) is 0 Å². The predicted octanol–water partition coefficient (Wildman–Crippen LogP) is 4.32. The van der Waals surface area contributed by atoms with Crippen LogP contribution in [-0.2, 0) is 4.74 Å². The van der Waals surface area contributed by atoms with Crippen molar-refractivity contribution in [1.29, 1.82) is 0 Å². The van der Waals surface area contributed by atoms with Gasteiger partial charge >= 0.3 is 0 Å². The van der Waals surface area contributed by atoms with Crippen LogP contribution >= 0.6 is 23.2 Å². The standard InChI is InChI=1S/C13H17Cl2F2NO/c1-2-18-11(6-7-19-8-12(16)17)9-4-3-5-10(14)13(9)15/h3-5,11-12,18H,2,6-8H2,1H3. The average molecular weight is 312 g/mol. The summed E-state index contributed by atoms with van der Waals surface area (Å²) < 4.78 is 28.8. The zero-order valence-corrected chi connectivity index (χ0v) is 12.1. The first-order valence-corrected chi connectivity index (χ1v) is 6.85. The minimum atomic E-state index is -2.44. The molecular weight excluding hydrogens is 295 g/mol. The number of hydrogen-bond donors (Lipinski definition) is 1. The van der Waals surface area contributed by atoms with E-state index in [4.69, 9.17) is 27.9 Å². The number of halogens is 4. The minimum Gasteiger partial charge on any atom is -0.375 e. The van der Waals surface area contributed by atoms with Crippen molar-refractivity contribution in [3.63, 3.8) is 0 Å². The summed E-state index contributed by atoms with van der Waals surface area (Å²) >= 11 is 12.1. The molecule has 0 aliphatic carbocycles. The Morgan fingerprint density at radius 3 is 2.68 bits per heavy atom. The van der Waals surface area contributed by atoms with Gasteiger partial charge in [-0.2, -0.15) is 0 Å². The second-order valence-electron chi connectivity index (χ2n) is 4.01. The van der Waals surface area contributed by atoms with Gasteiger partial charge in [-0.1, -0.05) is 42.3 Å². The van der Waals surface area contributed by atoms with E-state index in [1.54, 1.807) is 6.07 Å². The molecule has 0 saturated carbocycles. The van der Waals surface area contributed by atoms with Crippen LogP contribution in [0, 0.1) is 0 Å². The van der Waals surface area contributed by atoms with Gasteiger partial charge < -0.3 is 10.1 Å². The Kier molecular flexibility index (Phi) is 7.61. The SMILES string of the molecule is CCNC(CCOCC(F)F)c1cccc(Cl)c1Cl. The first-order chi connectivity index (χ1) is 9.06. The van der Waals surface area contributed by atoms with Gasteiger partial charge in [0, 0.05) is 12.6 Å². The van der Waals surface area contributed by atoms with E-state index in [2.05, 4.69) is 5.32 Å². The molecule has 0 fully saturated rings. The highest BCUT2D eigenvalue weighted by atomic mass is 35.5. The van der Waals surface area contributed by atoms with Crippen LogP contribution in [0.3, 0.4) is 0 Å². The number of rotatable bonds is 8. The first-order valence-electron chi connectivity index (χ1n) is 6.09. The van der Waals surface area contributed by atoms with Crippen LogP contribution in [0.15, 0.2) is 18.2 Å². The van der Waals surface area contributed by atoms with Gasteiger partial charge in [0.1, 0.15) is 6.61 Å². The van der Waals surface area contributed by atoms with Gasteiger partial charge in [-0.25, -0.2) is 8.78 Å². The Hall–Kier alpha value is -0.420. The molecule has 0 aliphatic heterocycles. The molecular formula is C13H17Cl2F2NO. The summed E-state index contributed by atoms with van der Waals surface area (Å²) in [4.78, 5) is 0. The fourth-order valence-electron chi connectivity index (χ4n) is 1.78. The van der Waals surface area contributed by atoms with Crippen molar-refractivity contribution in [2.45, 2.75) is 25.8 Å². The smallest absolute Gasteiger partial charge is 0.261 e. The van der Waals surface area contributed by atoms with Gasteiger partial charge in [0.15, 0.2) is 0 Å². The third kappa shape index (κ3) is 5.61. The zero-order valence-electron chi connectivity index (χ0n) is 10.6. The van der Waals surface area contributed by atoms with Gasteiger partial charge in [-0.05, 0) is 24.6 Å². The summed E-state index contributed by atoms with van der Waals surface area (Å²) in [7, 11) is 0. The maximum absolute atomic E-state index is 12.0. The van der Waals surface area contributed by atoms with Crippen molar-refractivity contribution in [3.8, 4) is 0 Å². The molecule has 0 radical (unpaired) electrons. The third-order valence-electron chi connectivity index (χ3n) is 2.60. The quantitative estimate of drug-likeness (QED) is 0.722. The average Bonchev–Trinajstić information content (AvgIpc) is 2.36. The highest BCUT2D eigenvalue weighted by molar-refractivity contribution is 6.42. The molecule has 1 aromatic rings. The highest BCUT2D eigenvalue weighted by Gasteiger charge is 2.15. The summed E-state index contributed by atoms with van der Waals surface area (Å²) in [5, 5.41) is 4.22. The Morgan fingerprint density at radius 2 is 2.05 bits per heavy atom. The topological polar surface area (TPSA) is 21.3 Å². The third-order valence-corrected chi connectivity index (χ3v) is 3.44. The summed E-state index contributed by atoms with van der Waals surface area (Å²) in [5.41, 5.74) is 0.858. The van der Waals surface area contributed by atoms with Gasteiger partial charge in [-0.15, -0.1) is 0 Å². The van der Waals surface area contributed by atoms with E-state index in [1.165, 1.54) is 0 Å². The molecule has 0 amide bonds. The van der Waals surface area contributed by atoms with E-state index in [0.717, 1.165) is 12.1 Å². The Labute approximate surface area is 122 Å². The Balaban J connectivity index is 2.63. The van der Waals surface area contributed by atoms with Gasteiger partial charge in [0.2, 0.25) is 0 Å². The fourth-order valence-corrected chi connectivity index (χ4v) is 2.22. The van der Waals surface area contributed by atoms with E-state index in [-0.39, 0.29) is 12.6 Å². The van der Waals surface area contributed by atoms with Crippen LogP contribution in [0.1, 0.15) is 24.9 Å². The van der Waals surface area contributed by atoms with Crippen molar-refractivity contribution < 1.29 is 13.5 Å². The van der Waals surface area contributed by atoms with Crippen LogP contribution in [0.4, 0.5) is 8.78 Å². The van der Waals surface area contributed by atoms with E-state index in [9.17, 15) is 8.78 Å². The van der Waals surface area contributed by atoms with Crippen molar-refractivity contribution >= 4 is 23.2 Å². The Morgan fingerprint density at radius 1 is 1.32 bits per heavy atom. The van der Waals surface area contributed by atoms with E-state index >= 15 is 0 Å². The van der Waals surface area contributed by atoms with E-state index < -0.39 is 13.0 Å². The minimum absolute atomic E-state index is 0.0612. The van der Waals surface area contributed by atoms with Crippen molar-refractivity contribution in [3.05, 3.63) is 33.8 Å². The molecule has 0 aliphatic rings. The van der Waals surface area contributed by atoms with Gasteiger partial charge in [0.05, 0.1) is 10.0 Å². The van der Waals surface area contributed by atoms with E-state index in [1.807, 2.05) is 19.1 Å². The molecule has 1 unspecified atom stereocenters. The predicted molar refractivity (Wildman–Crippen MR) is 74.3 cm³/mol. The molecule has 6 heteroatoms. The van der Waals surface area contributed by atoms with E-state index in [0.29, 0.717) is 16.5 Å². The van der Waals surface area contributed by atoms with Crippen molar-refractivity contribution in [2.24, 2.45) is 0 Å². The molecule has 2 nitrogen and oxygen atoms in total. The lowest BCUT2D eigenvalue weighted by Crippen LogP contribution is -2.23. The molecule has 0 aromatic heterocycles. The van der Waals surface area contributed by atoms with Crippen LogP contribution in [0.2, 0.25) is 10.0 Å². The summed E-state index contributed by atoms with van der Waals surface area (Å²) in [6, 6.07) is 5.33. The van der Waals surface area contributed by atoms with Crippen LogP contribution < -0.4 is 5.32 Å². The summed E-state index contributed by atoms with van der Waals surface area (Å²) in [6.07, 6.45) is -1.88. The summed E-state index contributed by atoms with van der Waals surface area (Å²) in [6.45, 7) is 2.40. The van der Waals surface area contributed by atoms with Crippen molar-refractivity contribution in [1.82, 2.24) is 5.32 Å². The lowest BCUT2D eigenvalue weighted by Gasteiger charge is -2.20. The zero-order chi connectivity index (χ0) is 14.3. The second-order valence-corrected chi connectivity index (χ2v) is 4.79. The number of nitrogens with one attached hydrogen (secondary N) is 1. The fraction of sp³-hybridized carbons (Fsp3) is 0.538. The van der Waals surface area contributed by atoms with Crippen LogP contribution in [0.5, 0.6) is 0 Å². The molecule has 1 atom stereocenters. The molecule has 0 bridgehead atoms. The maximum Gasteiger partial charge on any atom is 0.261 e. The highest BCUT2D eigenvalue weighted by Crippen LogP contribution is 2.31. The maximum atomic E-state index is 12.0. The Bertz CT molecular complexity index is 391. The summed E-state index contributed by atoms with van der Waals surface area (Å²) in [5.74, 6) is 0. The molecule has 0 saturated heterocycles. The van der Waals surface area contributed by atoms with Crippen LogP contribution in [-0.4, -0.2) is 26.2 Å². The van der Waals surface area contributed by atoms with Gasteiger partial charge in [0.25, 0.3) is 6.43 Å². The molecule has 1 aromatic carbocycles. The van der Waals surface area contributed by atoms with Crippen LogP contribution in [0.25, 0.3) is 0 Å². The molecule has 19 heavy (non-hydrogen) atoms. The molecule has 1 rings (SSSR count). The first kappa shape index (κ1) is 16.6. The lowest BCUT2D eigenvalue weighted by molar-refractivity contribution is 0.0144.